The Balaban J connectivity index is 0.00000264. The normalized spacial score (nSPS) is 21.9. The number of aromatic nitrogens is 1. The Kier molecular flexibility index (Phi) is 8.94. The van der Waals surface area contributed by atoms with Gasteiger partial charge in [0.2, 0.25) is 0 Å². The first kappa shape index (κ1) is 20.3. The van der Waals surface area contributed by atoms with Crippen LogP contribution in [0, 0.1) is 11.8 Å². The number of aliphatic imine (C=N–C) groups is 1. The molecule has 0 aliphatic heterocycles. The fraction of sp³-hybridized carbons (Fsp3) is 0.765. The highest BCUT2D eigenvalue weighted by molar-refractivity contribution is 14.0. The summed E-state index contributed by atoms with van der Waals surface area (Å²) in [5.74, 6) is 3.74. The van der Waals surface area contributed by atoms with Crippen molar-refractivity contribution in [3.05, 3.63) is 17.5 Å². The summed E-state index contributed by atoms with van der Waals surface area (Å²) in [6.07, 6.45) is 5.36. The number of guanidine groups is 1. The average molecular weight is 434 g/mol. The summed E-state index contributed by atoms with van der Waals surface area (Å²) in [5, 5.41) is 10.8. The summed E-state index contributed by atoms with van der Waals surface area (Å²) in [5.41, 5.74) is 0.996. The third kappa shape index (κ3) is 6.69. The zero-order valence-electron chi connectivity index (χ0n) is 14.8. The first-order chi connectivity index (χ1) is 10.6. The SMILES string of the molecule is CN=C(NCc1cc(C(C)C)no1)NCC1CCC(C)CC1.I. The second-order valence-electron chi connectivity index (χ2n) is 6.81. The largest absolute Gasteiger partial charge is 0.359 e. The van der Waals surface area contributed by atoms with Gasteiger partial charge in [-0.25, -0.2) is 0 Å². The predicted molar refractivity (Wildman–Crippen MR) is 105 cm³/mol. The Labute approximate surface area is 157 Å². The van der Waals surface area contributed by atoms with Crippen molar-refractivity contribution in [1.29, 1.82) is 0 Å². The van der Waals surface area contributed by atoms with Crippen molar-refractivity contribution in [1.82, 2.24) is 15.8 Å². The van der Waals surface area contributed by atoms with Crippen LogP contribution in [-0.4, -0.2) is 24.7 Å². The molecule has 0 spiro atoms. The summed E-state index contributed by atoms with van der Waals surface area (Å²) in [6.45, 7) is 8.19. The van der Waals surface area contributed by atoms with E-state index in [2.05, 4.69) is 41.6 Å². The number of hydrogen-bond acceptors (Lipinski definition) is 3. The Morgan fingerprint density at radius 3 is 2.57 bits per heavy atom. The minimum Gasteiger partial charge on any atom is -0.359 e. The Morgan fingerprint density at radius 1 is 1.30 bits per heavy atom. The van der Waals surface area contributed by atoms with E-state index in [4.69, 9.17) is 4.52 Å². The number of nitrogens with one attached hydrogen (secondary N) is 2. The van der Waals surface area contributed by atoms with E-state index in [0.717, 1.165) is 35.8 Å². The van der Waals surface area contributed by atoms with Gasteiger partial charge in [-0.2, -0.15) is 0 Å². The summed E-state index contributed by atoms with van der Waals surface area (Å²) < 4.78 is 5.33. The molecule has 5 nitrogen and oxygen atoms in total. The van der Waals surface area contributed by atoms with Gasteiger partial charge in [-0.3, -0.25) is 4.99 Å². The van der Waals surface area contributed by atoms with Crippen LogP contribution in [0.25, 0.3) is 0 Å². The molecular weight excluding hydrogens is 403 g/mol. The summed E-state index contributed by atoms with van der Waals surface area (Å²) in [4.78, 5) is 4.28. The van der Waals surface area contributed by atoms with Crippen molar-refractivity contribution >= 4 is 29.9 Å². The van der Waals surface area contributed by atoms with Crippen LogP contribution in [0.5, 0.6) is 0 Å². The van der Waals surface area contributed by atoms with Gasteiger partial charge >= 0.3 is 0 Å². The topological polar surface area (TPSA) is 62.5 Å². The molecule has 1 aromatic rings. The van der Waals surface area contributed by atoms with E-state index in [9.17, 15) is 0 Å². The lowest BCUT2D eigenvalue weighted by Crippen LogP contribution is -2.39. The number of halogens is 1. The molecule has 1 fully saturated rings. The quantitative estimate of drug-likeness (QED) is 0.419. The Hall–Kier alpha value is -0.790. The molecule has 0 radical (unpaired) electrons. The van der Waals surface area contributed by atoms with E-state index in [1.54, 1.807) is 7.05 Å². The maximum atomic E-state index is 5.33. The minimum absolute atomic E-state index is 0. The van der Waals surface area contributed by atoms with E-state index in [-0.39, 0.29) is 24.0 Å². The fourth-order valence-electron chi connectivity index (χ4n) is 2.85. The maximum absolute atomic E-state index is 5.33. The van der Waals surface area contributed by atoms with Gasteiger partial charge in [0.05, 0.1) is 12.2 Å². The third-order valence-corrected chi connectivity index (χ3v) is 4.52. The molecule has 2 rings (SSSR count). The van der Waals surface area contributed by atoms with E-state index in [0.29, 0.717) is 12.5 Å². The van der Waals surface area contributed by atoms with E-state index >= 15 is 0 Å². The molecule has 1 aliphatic carbocycles. The van der Waals surface area contributed by atoms with Gasteiger partial charge in [0.25, 0.3) is 0 Å². The van der Waals surface area contributed by atoms with Crippen LogP contribution in [0.4, 0.5) is 0 Å². The van der Waals surface area contributed by atoms with Gasteiger partial charge in [0, 0.05) is 19.7 Å². The molecule has 0 saturated heterocycles. The number of hydrogen-bond donors (Lipinski definition) is 2. The molecule has 1 aliphatic rings. The van der Waals surface area contributed by atoms with Crippen molar-refractivity contribution in [2.75, 3.05) is 13.6 Å². The van der Waals surface area contributed by atoms with Crippen molar-refractivity contribution in [2.45, 2.75) is 58.9 Å². The molecular formula is C17H31IN4O. The van der Waals surface area contributed by atoms with Crippen LogP contribution >= 0.6 is 24.0 Å². The van der Waals surface area contributed by atoms with Gasteiger partial charge in [-0.1, -0.05) is 38.8 Å². The van der Waals surface area contributed by atoms with Gasteiger partial charge < -0.3 is 15.2 Å². The van der Waals surface area contributed by atoms with Crippen molar-refractivity contribution < 1.29 is 4.52 Å². The van der Waals surface area contributed by atoms with Gasteiger partial charge in [0.15, 0.2) is 11.7 Å². The first-order valence-electron chi connectivity index (χ1n) is 8.48. The Bertz CT molecular complexity index is 479. The van der Waals surface area contributed by atoms with E-state index in [1.807, 2.05) is 6.07 Å². The lowest BCUT2D eigenvalue weighted by Gasteiger charge is -2.26. The molecule has 1 heterocycles. The zero-order valence-corrected chi connectivity index (χ0v) is 17.1. The molecule has 0 atom stereocenters. The van der Waals surface area contributed by atoms with Gasteiger partial charge in [-0.15, -0.1) is 24.0 Å². The molecule has 0 unspecified atom stereocenters. The molecule has 1 saturated carbocycles. The molecule has 0 aromatic carbocycles. The molecule has 1 aromatic heterocycles. The van der Waals surface area contributed by atoms with Crippen LogP contribution < -0.4 is 10.6 Å². The van der Waals surface area contributed by atoms with Crippen molar-refractivity contribution in [3.63, 3.8) is 0 Å². The first-order valence-corrected chi connectivity index (χ1v) is 8.48. The Morgan fingerprint density at radius 2 is 2.00 bits per heavy atom. The lowest BCUT2D eigenvalue weighted by molar-refractivity contribution is 0.289. The van der Waals surface area contributed by atoms with Crippen molar-refractivity contribution in [2.24, 2.45) is 16.8 Å². The molecule has 6 heteroatoms. The maximum Gasteiger partial charge on any atom is 0.191 e. The van der Waals surface area contributed by atoms with Gasteiger partial charge in [-0.05, 0) is 30.6 Å². The molecule has 0 amide bonds. The fourth-order valence-corrected chi connectivity index (χ4v) is 2.85. The highest BCUT2D eigenvalue weighted by atomic mass is 127. The van der Waals surface area contributed by atoms with Gasteiger partial charge in [0.1, 0.15) is 0 Å². The second kappa shape index (κ2) is 10.2. The van der Waals surface area contributed by atoms with Crippen LogP contribution in [0.1, 0.15) is 63.8 Å². The number of rotatable bonds is 5. The highest BCUT2D eigenvalue weighted by Crippen LogP contribution is 2.27. The third-order valence-electron chi connectivity index (χ3n) is 4.52. The van der Waals surface area contributed by atoms with Crippen LogP contribution in [-0.2, 0) is 6.54 Å². The van der Waals surface area contributed by atoms with Crippen LogP contribution in [0.2, 0.25) is 0 Å². The summed E-state index contributed by atoms with van der Waals surface area (Å²) >= 11 is 0. The molecule has 23 heavy (non-hydrogen) atoms. The van der Waals surface area contributed by atoms with E-state index in [1.165, 1.54) is 25.7 Å². The monoisotopic (exact) mass is 434 g/mol. The highest BCUT2D eigenvalue weighted by Gasteiger charge is 2.18. The zero-order chi connectivity index (χ0) is 15.9. The number of nitrogens with zero attached hydrogens (tertiary/aromatic N) is 2. The second-order valence-corrected chi connectivity index (χ2v) is 6.81. The molecule has 0 bridgehead atoms. The van der Waals surface area contributed by atoms with Crippen molar-refractivity contribution in [3.8, 4) is 0 Å². The average Bonchev–Trinajstić information content (AvgIpc) is 2.98. The van der Waals surface area contributed by atoms with E-state index < -0.39 is 0 Å². The summed E-state index contributed by atoms with van der Waals surface area (Å²) in [7, 11) is 1.80. The standard InChI is InChI=1S/C17H30N4O.HI/c1-12(2)16-9-15(22-21-16)11-20-17(18-4)19-10-14-7-5-13(3)6-8-14;/h9,12-14H,5-8,10-11H2,1-4H3,(H2,18,19,20);1H. The van der Waals surface area contributed by atoms with Crippen LogP contribution in [0.3, 0.4) is 0 Å². The predicted octanol–water partition coefficient (Wildman–Crippen LogP) is 3.91. The molecule has 2 N–H and O–H groups in total. The lowest BCUT2D eigenvalue weighted by atomic mass is 9.83. The van der Waals surface area contributed by atoms with Crippen LogP contribution in [0.15, 0.2) is 15.6 Å². The smallest absolute Gasteiger partial charge is 0.191 e. The minimum atomic E-state index is 0. The molecule has 132 valence electrons. The summed E-state index contributed by atoms with van der Waals surface area (Å²) in [6, 6.07) is 2.01.